The molecule has 12 heteroatoms. The van der Waals surface area contributed by atoms with Gasteiger partial charge in [-0.2, -0.15) is 0 Å². The summed E-state index contributed by atoms with van der Waals surface area (Å²) in [5.74, 6) is -0.0205. The van der Waals surface area contributed by atoms with Gasteiger partial charge in [-0.1, -0.05) is 53.5 Å². The smallest absolute Gasteiger partial charge is 0.283 e. The van der Waals surface area contributed by atoms with Crippen molar-refractivity contribution in [2.75, 3.05) is 6.54 Å². The Bertz CT molecular complexity index is 1670. The van der Waals surface area contributed by atoms with Gasteiger partial charge in [0.1, 0.15) is 6.33 Å². The predicted molar refractivity (Wildman–Crippen MR) is 152 cm³/mol. The van der Waals surface area contributed by atoms with Crippen molar-refractivity contribution in [3.8, 4) is 0 Å². The highest BCUT2D eigenvalue weighted by molar-refractivity contribution is 7.99. The average molecular weight is 588 g/mol. The maximum Gasteiger partial charge on any atom is 0.283 e. The van der Waals surface area contributed by atoms with Gasteiger partial charge in [-0.05, 0) is 52.7 Å². The van der Waals surface area contributed by atoms with E-state index in [1.165, 1.54) is 11.8 Å². The SMILES string of the molecule is Cl.Cn1cnnc1Sc1ccc(C2NCC(c3ccc(Cl)cc3Cl)c3c2[nH]c2ccccc32)cc1[N+](=O)[O-]. The van der Waals surface area contributed by atoms with Crippen LogP contribution in [0.3, 0.4) is 0 Å². The van der Waals surface area contributed by atoms with Gasteiger partial charge >= 0.3 is 0 Å². The van der Waals surface area contributed by atoms with Crippen LogP contribution in [-0.4, -0.2) is 31.2 Å². The summed E-state index contributed by atoms with van der Waals surface area (Å²) < 4.78 is 1.73. The van der Waals surface area contributed by atoms with Crippen molar-refractivity contribution in [1.82, 2.24) is 25.1 Å². The van der Waals surface area contributed by atoms with E-state index in [1.54, 1.807) is 36.1 Å². The van der Waals surface area contributed by atoms with Crippen molar-refractivity contribution in [2.24, 2.45) is 7.05 Å². The molecule has 1 aliphatic heterocycles. The van der Waals surface area contributed by atoms with Crippen molar-refractivity contribution < 1.29 is 4.92 Å². The fourth-order valence-electron chi connectivity index (χ4n) is 4.97. The monoisotopic (exact) mass is 586 g/mol. The first kappa shape index (κ1) is 26.5. The Kier molecular flexibility index (Phi) is 7.39. The summed E-state index contributed by atoms with van der Waals surface area (Å²) in [7, 11) is 1.80. The topological polar surface area (TPSA) is 102 Å². The van der Waals surface area contributed by atoms with Crippen LogP contribution in [0.4, 0.5) is 5.69 Å². The second-order valence-corrected chi connectivity index (χ2v) is 10.7. The molecule has 8 nitrogen and oxygen atoms in total. The van der Waals surface area contributed by atoms with Crippen LogP contribution in [0.15, 0.2) is 77.0 Å². The largest absolute Gasteiger partial charge is 0.357 e. The van der Waals surface area contributed by atoms with Gasteiger partial charge in [-0.15, -0.1) is 22.6 Å². The molecule has 2 N–H and O–H groups in total. The molecule has 6 rings (SSSR count). The lowest BCUT2D eigenvalue weighted by Crippen LogP contribution is -2.34. The average Bonchev–Trinajstić information content (AvgIpc) is 3.47. The Balaban J connectivity index is 0.00000294. The quantitative estimate of drug-likeness (QED) is 0.171. The first-order valence-corrected chi connectivity index (χ1v) is 13.1. The van der Waals surface area contributed by atoms with Crippen LogP contribution in [0, 0.1) is 10.1 Å². The molecule has 0 aliphatic carbocycles. The molecule has 3 aromatic carbocycles. The lowest BCUT2D eigenvalue weighted by Gasteiger charge is -2.32. The number of rotatable bonds is 5. The number of hydrogen-bond donors (Lipinski definition) is 2. The molecule has 5 aromatic rings. The number of aromatic amines is 1. The Morgan fingerprint density at radius 1 is 1.13 bits per heavy atom. The number of fused-ring (bicyclic) bond motifs is 3. The highest BCUT2D eigenvalue weighted by Gasteiger charge is 2.34. The fraction of sp³-hybridized carbons (Fsp3) is 0.154. The van der Waals surface area contributed by atoms with E-state index in [1.807, 2.05) is 36.4 Å². The highest BCUT2D eigenvalue weighted by Crippen LogP contribution is 2.44. The summed E-state index contributed by atoms with van der Waals surface area (Å²) in [5, 5.41) is 26.4. The van der Waals surface area contributed by atoms with Gasteiger partial charge in [0, 0.05) is 52.2 Å². The van der Waals surface area contributed by atoms with E-state index >= 15 is 0 Å². The number of nitrogens with one attached hydrogen (secondary N) is 2. The zero-order valence-corrected chi connectivity index (χ0v) is 23.0. The van der Waals surface area contributed by atoms with Gasteiger partial charge in [-0.25, -0.2) is 0 Å². The minimum absolute atomic E-state index is 0. The van der Waals surface area contributed by atoms with E-state index in [0.717, 1.165) is 33.3 Å². The zero-order valence-electron chi connectivity index (χ0n) is 19.9. The number of nitro benzene ring substituents is 1. The molecule has 3 heterocycles. The number of benzene rings is 3. The number of para-hydroxylation sites is 1. The Morgan fingerprint density at radius 2 is 1.95 bits per heavy atom. The number of aromatic nitrogens is 4. The molecule has 38 heavy (non-hydrogen) atoms. The normalized spacial score (nSPS) is 16.7. The molecular formula is C26H21Cl3N6O2S. The molecule has 194 valence electrons. The van der Waals surface area contributed by atoms with Crippen molar-refractivity contribution in [2.45, 2.75) is 22.0 Å². The van der Waals surface area contributed by atoms with Crippen LogP contribution >= 0.6 is 47.4 Å². The molecule has 2 aromatic heterocycles. The third-order valence-electron chi connectivity index (χ3n) is 6.66. The number of halogens is 3. The molecule has 0 saturated carbocycles. The van der Waals surface area contributed by atoms with Gasteiger partial charge in [0.25, 0.3) is 5.69 Å². The summed E-state index contributed by atoms with van der Waals surface area (Å²) in [6, 6.07) is 18.8. The van der Waals surface area contributed by atoms with E-state index in [0.29, 0.717) is 26.6 Å². The standard InChI is InChI=1S/C26H20Cl2N6O2S.ClH/c1-33-13-30-32-26(33)37-22-9-6-14(10-21(22)34(35)36)24-25-23(17-4-2-3-5-20(17)31-25)18(12-29-24)16-8-7-15(27)11-19(16)28;/h2-11,13,18,24,29,31H,12H2,1H3;1H. The lowest BCUT2D eigenvalue weighted by atomic mass is 9.83. The fourth-order valence-corrected chi connectivity index (χ4v) is 6.36. The van der Waals surface area contributed by atoms with E-state index in [2.05, 4.69) is 26.6 Å². The Labute approximate surface area is 238 Å². The van der Waals surface area contributed by atoms with E-state index < -0.39 is 0 Å². The maximum absolute atomic E-state index is 12.1. The number of nitrogens with zero attached hydrogens (tertiary/aromatic N) is 4. The third kappa shape index (κ3) is 4.65. The Hall–Kier alpha value is -3.08. The van der Waals surface area contributed by atoms with Crippen LogP contribution in [0.2, 0.25) is 10.0 Å². The molecular weight excluding hydrogens is 567 g/mol. The van der Waals surface area contributed by atoms with E-state index in [9.17, 15) is 10.1 Å². The molecule has 0 saturated heterocycles. The van der Waals surface area contributed by atoms with Gasteiger partial charge in [0.05, 0.1) is 15.9 Å². The second kappa shape index (κ2) is 10.6. The molecule has 0 radical (unpaired) electrons. The predicted octanol–water partition coefficient (Wildman–Crippen LogP) is 6.91. The van der Waals surface area contributed by atoms with Crippen molar-refractivity contribution in [1.29, 1.82) is 0 Å². The summed E-state index contributed by atoms with van der Waals surface area (Å²) >= 11 is 14.0. The molecule has 0 fully saturated rings. The first-order chi connectivity index (χ1) is 17.9. The molecule has 0 amide bonds. The van der Waals surface area contributed by atoms with Crippen LogP contribution < -0.4 is 5.32 Å². The number of hydrogen-bond acceptors (Lipinski definition) is 6. The van der Waals surface area contributed by atoms with E-state index in [4.69, 9.17) is 23.2 Å². The zero-order chi connectivity index (χ0) is 25.7. The molecule has 2 unspecified atom stereocenters. The summed E-state index contributed by atoms with van der Waals surface area (Å²) in [6.45, 7) is 0.601. The van der Waals surface area contributed by atoms with Crippen LogP contribution in [0.25, 0.3) is 10.9 Å². The van der Waals surface area contributed by atoms with Crippen LogP contribution in [-0.2, 0) is 7.05 Å². The van der Waals surface area contributed by atoms with Gasteiger partial charge in [0.2, 0.25) is 0 Å². The van der Waals surface area contributed by atoms with Gasteiger partial charge in [-0.3, -0.25) is 10.1 Å². The van der Waals surface area contributed by atoms with Crippen LogP contribution in [0.5, 0.6) is 0 Å². The maximum atomic E-state index is 12.1. The van der Waals surface area contributed by atoms with Crippen molar-refractivity contribution in [3.63, 3.8) is 0 Å². The minimum atomic E-state index is -0.354. The van der Waals surface area contributed by atoms with Crippen molar-refractivity contribution >= 4 is 64.0 Å². The molecule has 0 spiro atoms. The second-order valence-electron chi connectivity index (χ2n) is 8.87. The molecule has 2 atom stereocenters. The first-order valence-electron chi connectivity index (χ1n) is 11.5. The number of H-pyrrole nitrogens is 1. The third-order valence-corrected chi connectivity index (χ3v) is 8.34. The summed E-state index contributed by atoms with van der Waals surface area (Å²) in [5.41, 5.74) is 4.88. The number of nitro groups is 1. The number of aryl methyl sites for hydroxylation is 1. The molecule has 1 aliphatic rings. The van der Waals surface area contributed by atoms with Crippen molar-refractivity contribution in [3.05, 3.63) is 110 Å². The van der Waals surface area contributed by atoms with Gasteiger partial charge < -0.3 is 14.9 Å². The highest BCUT2D eigenvalue weighted by atomic mass is 35.5. The summed E-state index contributed by atoms with van der Waals surface area (Å²) in [6.07, 6.45) is 1.56. The molecule has 0 bridgehead atoms. The minimum Gasteiger partial charge on any atom is -0.357 e. The Morgan fingerprint density at radius 3 is 2.68 bits per heavy atom. The van der Waals surface area contributed by atoms with Gasteiger partial charge in [0.15, 0.2) is 5.16 Å². The summed E-state index contributed by atoms with van der Waals surface area (Å²) in [4.78, 5) is 15.8. The lowest BCUT2D eigenvalue weighted by molar-refractivity contribution is -0.387. The van der Waals surface area contributed by atoms with E-state index in [-0.39, 0.29) is 35.0 Å². The van der Waals surface area contributed by atoms with Crippen LogP contribution in [0.1, 0.15) is 34.3 Å².